The van der Waals surface area contributed by atoms with Gasteiger partial charge in [-0.15, -0.1) is 13.2 Å². The summed E-state index contributed by atoms with van der Waals surface area (Å²) < 4.78 is 42.8. The molecule has 1 aliphatic carbocycles. The molecule has 3 aromatic rings. The molecule has 0 aliphatic heterocycles. The Morgan fingerprint density at radius 3 is 2.59 bits per heavy atom. The summed E-state index contributed by atoms with van der Waals surface area (Å²) in [7, 11) is 2.00. The molecule has 1 aliphatic rings. The summed E-state index contributed by atoms with van der Waals surface area (Å²) in [6.45, 7) is 1.04. The third-order valence-electron chi connectivity index (χ3n) is 6.30. The van der Waals surface area contributed by atoms with Gasteiger partial charge in [0.05, 0.1) is 5.52 Å². The number of nitrogens with two attached hydrogens (primary N) is 1. The summed E-state index contributed by atoms with van der Waals surface area (Å²) in [5, 5.41) is 4.15. The first-order valence-electron chi connectivity index (χ1n) is 11.2. The molecule has 3 N–H and O–H groups in total. The number of aromatic nitrogens is 2. The van der Waals surface area contributed by atoms with Gasteiger partial charge in [0, 0.05) is 35.1 Å². The van der Waals surface area contributed by atoms with E-state index in [4.69, 9.17) is 5.73 Å². The second-order valence-corrected chi connectivity index (χ2v) is 9.56. The maximum absolute atomic E-state index is 12.7. The summed E-state index contributed by atoms with van der Waals surface area (Å²) in [6, 6.07) is 12.7. The third kappa shape index (κ3) is 6.09. The van der Waals surface area contributed by atoms with E-state index >= 15 is 0 Å². The Balaban J connectivity index is 1.30. The fraction of sp³-hybridized carbons (Fsp3) is 0.417. The Bertz CT molecular complexity index is 1140. The Hall–Kier alpha value is -2.59. The van der Waals surface area contributed by atoms with Crippen LogP contribution in [-0.2, 0) is 6.54 Å². The Morgan fingerprint density at radius 1 is 1.12 bits per heavy atom. The fourth-order valence-corrected chi connectivity index (χ4v) is 4.79. The predicted octanol–water partition coefficient (Wildman–Crippen LogP) is 5.66. The molecule has 0 bridgehead atoms. The van der Waals surface area contributed by atoms with E-state index in [9.17, 15) is 13.2 Å². The molecule has 0 spiro atoms. The number of para-hydroxylation sites is 1. The van der Waals surface area contributed by atoms with Crippen molar-refractivity contribution in [2.45, 2.75) is 44.6 Å². The summed E-state index contributed by atoms with van der Waals surface area (Å²) in [4.78, 5) is 11.3. The van der Waals surface area contributed by atoms with Crippen molar-refractivity contribution < 1.29 is 17.9 Å². The number of rotatable bonds is 7. The van der Waals surface area contributed by atoms with Gasteiger partial charge in [0.1, 0.15) is 11.6 Å². The lowest BCUT2D eigenvalue weighted by Gasteiger charge is -2.35. The number of fused-ring (bicyclic) bond motifs is 1. The summed E-state index contributed by atoms with van der Waals surface area (Å²) >= 11 is 3.20. The number of halogens is 4. The number of nitrogen functional groups attached to an aromatic ring is 1. The zero-order valence-electron chi connectivity index (χ0n) is 18.8. The van der Waals surface area contributed by atoms with E-state index in [1.165, 1.54) is 6.07 Å². The quantitative estimate of drug-likeness (QED) is 0.405. The molecular formula is C24H27BrF3N5O. The minimum Gasteiger partial charge on any atom is -0.405 e. The van der Waals surface area contributed by atoms with Gasteiger partial charge in [0.2, 0.25) is 5.95 Å². The summed E-state index contributed by atoms with van der Waals surface area (Å²) in [5.41, 5.74) is 7.44. The minimum absolute atomic E-state index is 0.186. The highest BCUT2D eigenvalue weighted by Crippen LogP contribution is 2.31. The zero-order valence-corrected chi connectivity index (χ0v) is 20.4. The standard InChI is InChI=1S/C24H27BrF3N5O/c1-33(23-31-20-5-3-2-4-19(20)22(29)32-23)18-10-6-15(7-11-18)13-30-14-16-8-9-17(25)12-21(16)34-24(26,27)28/h2-5,8-9,12,15,18,30H,6-7,10-11,13-14H2,1H3,(H2,29,31,32). The number of nitrogens with zero attached hydrogens (tertiary/aromatic N) is 3. The average molecular weight is 538 g/mol. The van der Waals surface area contributed by atoms with E-state index in [-0.39, 0.29) is 5.75 Å². The van der Waals surface area contributed by atoms with Crippen molar-refractivity contribution in [2.24, 2.45) is 5.92 Å². The SMILES string of the molecule is CN(c1nc(N)c2ccccc2n1)C1CCC(CNCc2ccc(Br)cc2OC(F)(F)F)CC1. The van der Waals surface area contributed by atoms with Gasteiger partial charge in [-0.1, -0.05) is 34.1 Å². The zero-order chi connectivity index (χ0) is 24.3. The molecule has 6 nitrogen and oxygen atoms in total. The Kier molecular flexibility index (Phi) is 7.47. The van der Waals surface area contributed by atoms with E-state index in [1.807, 2.05) is 31.3 Å². The number of hydrogen-bond donors (Lipinski definition) is 2. The topological polar surface area (TPSA) is 76.3 Å². The number of hydrogen-bond acceptors (Lipinski definition) is 6. The summed E-state index contributed by atoms with van der Waals surface area (Å²) in [5.74, 6) is 1.38. The highest BCUT2D eigenvalue weighted by atomic mass is 79.9. The molecule has 1 fully saturated rings. The van der Waals surface area contributed by atoms with Crippen LogP contribution < -0.4 is 20.7 Å². The van der Waals surface area contributed by atoms with Crippen LogP contribution in [0.2, 0.25) is 0 Å². The van der Waals surface area contributed by atoms with Crippen molar-refractivity contribution in [3.63, 3.8) is 0 Å². The second-order valence-electron chi connectivity index (χ2n) is 8.64. The highest BCUT2D eigenvalue weighted by Gasteiger charge is 2.32. The fourth-order valence-electron chi connectivity index (χ4n) is 4.45. The van der Waals surface area contributed by atoms with Crippen LogP contribution in [0.3, 0.4) is 0 Å². The number of ether oxygens (including phenoxy) is 1. The molecule has 0 radical (unpaired) electrons. The lowest BCUT2D eigenvalue weighted by Crippen LogP contribution is -2.38. The Morgan fingerprint density at radius 2 is 1.85 bits per heavy atom. The van der Waals surface area contributed by atoms with Gasteiger partial charge >= 0.3 is 6.36 Å². The van der Waals surface area contributed by atoms with Gasteiger partial charge in [-0.3, -0.25) is 0 Å². The molecule has 0 unspecified atom stereocenters. The number of alkyl halides is 3. The van der Waals surface area contributed by atoms with E-state index < -0.39 is 6.36 Å². The van der Waals surface area contributed by atoms with Gasteiger partial charge in [-0.05, 0) is 62.4 Å². The van der Waals surface area contributed by atoms with Crippen molar-refractivity contribution in [2.75, 3.05) is 24.2 Å². The van der Waals surface area contributed by atoms with E-state index in [2.05, 4.69) is 40.9 Å². The lowest BCUT2D eigenvalue weighted by atomic mass is 9.85. The van der Waals surface area contributed by atoms with E-state index in [1.54, 1.807) is 12.1 Å². The number of nitrogens with one attached hydrogen (secondary N) is 1. The molecule has 0 amide bonds. The molecule has 1 heterocycles. The van der Waals surface area contributed by atoms with Crippen molar-refractivity contribution >= 4 is 38.6 Å². The molecule has 1 saturated carbocycles. The van der Waals surface area contributed by atoms with Crippen LogP contribution in [0.4, 0.5) is 24.9 Å². The maximum atomic E-state index is 12.7. The second kappa shape index (κ2) is 10.4. The number of benzene rings is 2. The van der Waals surface area contributed by atoms with Gasteiger partial charge < -0.3 is 20.7 Å². The molecular weight excluding hydrogens is 511 g/mol. The van der Waals surface area contributed by atoms with E-state index in [0.717, 1.165) is 43.1 Å². The van der Waals surface area contributed by atoms with Gasteiger partial charge in [0.25, 0.3) is 0 Å². The molecule has 182 valence electrons. The van der Waals surface area contributed by atoms with Gasteiger partial charge in [-0.25, -0.2) is 4.98 Å². The first-order chi connectivity index (χ1) is 16.2. The van der Waals surface area contributed by atoms with Crippen molar-refractivity contribution in [3.05, 3.63) is 52.5 Å². The maximum Gasteiger partial charge on any atom is 0.573 e. The molecule has 34 heavy (non-hydrogen) atoms. The van der Waals surface area contributed by atoms with Crippen molar-refractivity contribution in [1.82, 2.24) is 15.3 Å². The van der Waals surface area contributed by atoms with Crippen LogP contribution in [0.5, 0.6) is 5.75 Å². The molecule has 10 heteroatoms. The van der Waals surface area contributed by atoms with Crippen LogP contribution >= 0.6 is 15.9 Å². The Labute approximate surface area is 204 Å². The normalized spacial score (nSPS) is 18.7. The third-order valence-corrected chi connectivity index (χ3v) is 6.80. The van der Waals surface area contributed by atoms with Crippen LogP contribution in [0.15, 0.2) is 46.9 Å². The first kappa shape index (κ1) is 24.5. The minimum atomic E-state index is -4.72. The molecule has 1 aromatic heterocycles. The predicted molar refractivity (Wildman–Crippen MR) is 131 cm³/mol. The smallest absolute Gasteiger partial charge is 0.405 e. The largest absolute Gasteiger partial charge is 0.573 e. The number of anilines is 2. The van der Waals surface area contributed by atoms with Gasteiger partial charge in [-0.2, -0.15) is 4.98 Å². The molecule has 2 aromatic carbocycles. The molecule has 0 saturated heterocycles. The van der Waals surface area contributed by atoms with E-state index in [0.29, 0.717) is 40.3 Å². The average Bonchev–Trinajstić information content (AvgIpc) is 2.79. The molecule has 0 atom stereocenters. The lowest BCUT2D eigenvalue weighted by molar-refractivity contribution is -0.274. The first-order valence-corrected chi connectivity index (χ1v) is 12.0. The van der Waals surface area contributed by atoms with Crippen LogP contribution in [-0.4, -0.2) is 36.0 Å². The van der Waals surface area contributed by atoms with Crippen LogP contribution in [0.25, 0.3) is 10.9 Å². The van der Waals surface area contributed by atoms with Crippen molar-refractivity contribution in [3.8, 4) is 5.75 Å². The summed E-state index contributed by atoms with van der Waals surface area (Å²) in [6.07, 6.45) is -0.729. The highest BCUT2D eigenvalue weighted by molar-refractivity contribution is 9.10. The van der Waals surface area contributed by atoms with Crippen molar-refractivity contribution in [1.29, 1.82) is 0 Å². The van der Waals surface area contributed by atoms with Gasteiger partial charge in [0.15, 0.2) is 0 Å². The van der Waals surface area contributed by atoms with Crippen LogP contribution in [0, 0.1) is 5.92 Å². The monoisotopic (exact) mass is 537 g/mol. The van der Waals surface area contributed by atoms with Crippen LogP contribution in [0.1, 0.15) is 31.2 Å². The molecule has 4 rings (SSSR count).